The normalized spacial score (nSPS) is 14.1. The number of hydrogen-bond donors (Lipinski definition) is 0. The molecule has 2 aromatic rings. The lowest BCUT2D eigenvalue weighted by Gasteiger charge is -2.20. The first-order valence-electron chi connectivity index (χ1n) is 8.43. The van der Waals surface area contributed by atoms with Crippen molar-refractivity contribution < 1.29 is 27.0 Å². The van der Waals surface area contributed by atoms with Gasteiger partial charge in [-0.3, -0.25) is 4.90 Å². The molecule has 0 unspecified atom stereocenters. The van der Waals surface area contributed by atoms with Crippen molar-refractivity contribution in [3.8, 4) is 11.5 Å². The van der Waals surface area contributed by atoms with Crippen molar-refractivity contribution in [2.45, 2.75) is 12.7 Å². The lowest BCUT2D eigenvalue weighted by atomic mass is 10.1. The van der Waals surface area contributed by atoms with E-state index in [1.54, 1.807) is 12.2 Å². The first-order valence-corrected chi connectivity index (χ1v) is 8.43. The van der Waals surface area contributed by atoms with E-state index in [1.165, 1.54) is 6.07 Å². The zero-order valence-electron chi connectivity index (χ0n) is 14.7. The number of nitrogens with zero attached hydrogens (tertiary/aromatic N) is 1. The number of likely N-dealkylation sites (N-methyl/N-ethyl adjacent to an activating group) is 1. The van der Waals surface area contributed by atoms with Gasteiger partial charge in [0.15, 0.2) is 11.5 Å². The van der Waals surface area contributed by atoms with Crippen LogP contribution in [0.25, 0.3) is 6.08 Å². The molecule has 0 fully saturated rings. The molecule has 0 bridgehead atoms. The van der Waals surface area contributed by atoms with E-state index in [4.69, 9.17) is 9.47 Å². The van der Waals surface area contributed by atoms with Crippen molar-refractivity contribution in [3.63, 3.8) is 0 Å². The number of fused-ring (bicyclic) bond motifs is 1. The molecule has 0 spiro atoms. The topological polar surface area (TPSA) is 21.7 Å². The van der Waals surface area contributed by atoms with Crippen LogP contribution in [-0.4, -0.2) is 31.7 Å². The number of alkyl halides is 3. The maximum Gasteiger partial charge on any atom is 0.419 e. The summed E-state index contributed by atoms with van der Waals surface area (Å²) in [4.78, 5) is 2.02. The highest BCUT2D eigenvalue weighted by Crippen LogP contribution is 2.32. The monoisotopic (exact) mass is 381 g/mol. The minimum Gasteiger partial charge on any atom is -0.486 e. The predicted octanol–water partition coefficient (Wildman–Crippen LogP) is 4.76. The van der Waals surface area contributed by atoms with Crippen molar-refractivity contribution in [1.82, 2.24) is 4.90 Å². The molecule has 3 nitrogen and oxygen atoms in total. The van der Waals surface area contributed by atoms with Gasteiger partial charge >= 0.3 is 6.18 Å². The van der Waals surface area contributed by atoms with Crippen LogP contribution in [0, 0.1) is 5.82 Å². The molecule has 1 aliphatic rings. The Morgan fingerprint density at radius 1 is 1.04 bits per heavy atom. The van der Waals surface area contributed by atoms with Crippen LogP contribution in [0.3, 0.4) is 0 Å². The maximum atomic E-state index is 13.6. The lowest BCUT2D eigenvalue weighted by molar-refractivity contribution is -0.140. The molecule has 27 heavy (non-hydrogen) atoms. The summed E-state index contributed by atoms with van der Waals surface area (Å²) in [5.41, 5.74) is 0.180. The van der Waals surface area contributed by atoms with Crippen molar-refractivity contribution in [1.29, 1.82) is 0 Å². The van der Waals surface area contributed by atoms with E-state index < -0.39 is 17.6 Å². The van der Waals surface area contributed by atoms with Crippen LogP contribution in [0.2, 0.25) is 0 Å². The fourth-order valence-corrected chi connectivity index (χ4v) is 2.80. The van der Waals surface area contributed by atoms with Crippen LogP contribution in [-0.2, 0) is 12.7 Å². The number of halogens is 4. The van der Waals surface area contributed by atoms with E-state index in [2.05, 4.69) is 0 Å². The molecule has 1 aliphatic heterocycles. The van der Waals surface area contributed by atoms with Gasteiger partial charge in [-0.05, 0) is 42.4 Å². The fourth-order valence-electron chi connectivity index (χ4n) is 2.80. The number of rotatable bonds is 5. The molecule has 0 saturated carbocycles. The van der Waals surface area contributed by atoms with Gasteiger partial charge in [0, 0.05) is 13.1 Å². The van der Waals surface area contributed by atoms with Gasteiger partial charge in [0.2, 0.25) is 0 Å². The predicted molar refractivity (Wildman–Crippen MR) is 94.2 cm³/mol. The second-order valence-electron chi connectivity index (χ2n) is 6.31. The Morgan fingerprint density at radius 2 is 1.78 bits per heavy atom. The summed E-state index contributed by atoms with van der Waals surface area (Å²) in [5.74, 6) is 0.189. The lowest BCUT2D eigenvalue weighted by Crippen LogP contribution is -2.19. The van der Waals surface area contributed by atoms with Crippen LogP contribution in [0.1, 0.15) is 16.7 Å². The van der Waals surface area contributed by atoms with Gasteiger partial charge in [-0.15, -0.1) is 0 Å². The van der Waals surface area contributed by atoms with E-state index in [9.17, 15) is 17.6 Å². The van der Waals surface area contributed by atoms with Gasteiger partial charge in [0.25, 0.3) is 0 Å². The Kier molecular flexibility index (Phi) is 5.70. The molecule has 2 aromatic carbocycles. The third kappa shape index (κ3) is 5.01. The molecule has 0 atom stereocenters. The van der Waals surface area contributed by atoms with Gasteiger partial charge in [-0.25, -0.2) is 4.39 Å². The third-order valence-electron chi connectivity index (χ3n) is 4.09. The second kappa shape index (κ2) is 8.00. The summed E-state index contributed by atoms with van der Waals surface area (Å²) < 4.78 is 62.3. The highest BCUT2D eigenvalue weighted by atomic mass is 19.4. The quantitative estimate of drug-likeness (QED) is 0.697. The van der Waals surface area contributed by atoms with Gasteiger partial charge in [-0.1, -0.05) is 24.3 Å². The summed E-state index contributed by atoms with van der Waals surface area (Å²) in [6.45, 7) is 2.28. The highest BCUT2D eigenvalue weighted by Gasteiger charge is 2.33. The highest BCUT2D eigenvalue weighted by molar-refractivity contribution is 5.50. The van der Waals surface area contributed by atoms with E-state index >= 15 is 0 Å². The molecular weight excluding hydrogens is 362 g/mol. The standard InChI is InChI=1S/C20H19F4NO2/c1-25(13-15-5-7-18-19(12-15)27-10-9-26-18)8-2-3-14-4-6-16(17(21)11-14)20(22,23)24/h2-7,11-12H,8-10,13H2,1H3/b3-2+. The van der Waals surface area contributed by atoms with E-state index in [0.717, 1.165) is 29.2 Å². The van der Waals surface area contributed by atoms with Gasteiger partial charge < -0.3 is 9.47 Å². The molecular formula is C20H19F4NO2. The molecule has 144 valence electrons. The number of benzene rings is 2. The molecule has 7 heteroatoms. The van der Waals surface area contributed by atoms with E-state index in [1.807, 2.05) is 30.1 Å². The summed E-state index contributed by atoms with van der Waals surface area (Å²) in [5, 5.41) is 0. The average molecular weight is 381 g/mol. The summed E-state index contributed by atoms with van der Waals surface area (Å²) in [7, 11) is 1.91. The third-order valence-corrected chi connectivity index (χ3v) is 4.09. The van der Waals surface area contributed by atoms with Crippen molar-refractivity contribution >= 4 is 6.08 Å². The van der Waals surface area contributed by atoms with E-state index in [-0.39, 0.29) is 0 Å². The summed E-state index contributed by atoms with van der Waals surface area (Å²) in [6, 6.07) is 8.66. The molecule has 0 N–H and O–H groups in total. The van der Waals surface area contributed by atoms with Gasteiger partial charge in [-0.2, -0.15) is 13.2 Å². The number of ether oxygens (including phenoxy) is 2. The zero-order chi connectivity index (χ0) is 19.4. The minimum atomic E-state index is -4.68. The van der Waals surface area contributed by atoms with Crippen LogP contribution < -0.4 is 9.47 Å². The zero-order valence-corrected chi connectivity index (χ0v) is 14.7. The summed E-state index contributed by atoms with van der Waals surface area (Å²) >= 11 is 0. The number of hydrogen-bond acceptors (Lipinski definition) is 3. The Labute approximate surface area is 154 Å². The molecule has 0 amide bonds. The minimum absolute atomic E-state index is 0.383. The first kappa shape index (κ1) is 19.2. The second-order valence-corrected chi connectivity index (χ2v) is 6.31. The Balaban J connectivity index is 1.57. The first-order chi connectivity index (χ1) is 12.8. The van der Waals surface area contributed by atoms with Crippen LogP contribution in [0.5, 0.6) is 11.5 Å². The van der Waals surface area contributed by atoms with Crippen LogP contribution in [0.4, 0.5) is 17.6 Å². The Morgan fingerprint density at radius 3 is 2.48 bits per heavy atom. The van der Waals surface area contributed by atoms with Gasteiger partial charge in [0.05, 0.1) is 5.56 Å². The summed E-state index contributed by atoms with van der Waals surface area (Å²) in [6.07, 6.45) is -1.31. The van der Waals surface area contributed by atoms with Crippen molar-refractivity contribution in [2.24, 2.45) is 0 Å². The van der Waals surface area contributed by atoms with E-state index in [0.29, 0.717) is 31.9 Å². The molecule has 0 aromatic heterocycles. The molecule has 3 rings (SSSR count). The SMILES string of the molecule is CN(C/C=C/c1ccc(C(F)(F)F)c(F)c1)Cc1ccc2c(c1)OCCO2. The van der Waals surface area contributed by atoms with Crippen molar-refractivity contribution in [3.05, 3.63) is 65.0 Å². The molecule has 0 aliphatic carbocycles. The van der Waals surface area contributed by atoms with Gasteiger partial charge in [0.1, 0.15) is 19.0 Å². The van der Waals surface area contributed by atoms with Crippen LogP contribution >= 0.6 is 0 Å². The molecule has 0 saturated heterocycles. The fraction of sp³-hybridized carbons (Fsp3) is 0.300. The van der Waals surface area contributed by atoms with Crippen molar-refractivity contribution in [2.75, 3.05) is 26.8 Å². The Hall–Kier alpha value is -2.54. The average Bonchev–Trinajstić information content (AvgIpc) is 2.60. The maximum absolute atomic E-state index is 13.6. The van der Waals surface area contributed by atoms with Crippen LogP contribution in [0.15, 0.2) is 42.5 Å². The largest absolute Gasteiger partial charge is 0.486 e. The molecule has 0 radical (unpaired) electrons. The molecule has 1 heterocycles. The Bertz CT molecular complexity index is 833. The smallest absolute Gasteiger partial charge is 0.419 e.